The molecular weight excluding hydrogens is 360 g/mol. The second kappa shape index (κ2) is 6.26. The quantitative estimate of drug-likeness (QED) is 0.653. The van der Waals surface area contributed by atoms with Crippen molar-refractivity contribution in [2.75, 3.05) is 6.79 Å². The summed E-state index contributed by atoms with van der Waals surface area (Å²) in [5.41, 5.74) is 3.61. The van der Waals surface area contributed by atoms with Crippen LogP contribution in [-0.2, 0) is 0 Å². The van der Waals surface area contributed by atoms with Gasteiger partial charge in [0.05, 0.1) is 6.10 Å². The lowest BCUT2D eigenvalue weighted by atomic mass is 9.44. The summed E-state index contributed by atoms with van der Waals surface area (Å²) >= 11 is 0. The second-order valence-corrected chi connectivity index (χ2v) is 11.0. The first-order valence-corrected chi connectivity index (χ1v) is 11.8. The van der Waals surface area contributed by atoms with Crippen molar-refractivity contribution in [3.63, 3.8) is 0 Å². The van der Waals surface area contributed by atoms with Crippen molar-refractivity contribution >= 4 is 5.57 Å². The number of aliphatic hydroxyl groups is 1. The lowest BCUT2D eigenvalue weighted by Gasteiger charge is -2.60. The monoisotopic (exact) mass is 394 g/mol. The highest BCUT2D eigenvalue weighted by molar-refractivity contribution is 5.74. The molecule has 6 rings (SSSR count). The van der Waals surface area contributed by atoms with Crippen LogP contribution in [0.15, 0.2) is 24.3 Å². The molecule has 7 atom stereocenters. The van der Waals surface area contributed by atoms with E-state index in [0.717, 1.165) is 48.0 Å². The maximum atomic E-state index is 10.2. The molecule has 1 aromatic rings. The predicted octanol–water partition coefficient (Wildman–Crippen LogP) is 5.81. The normalized spacial score (nSPS) is 45.2. The molecule has 3 nitrogen and oxygen atoms in total. The van der Waals surface area contributed by atoms with Gasteiger partial charge in [-0.2, -0.15) is 0 Å². The summed E-state index contributed by atoms with van der Waals surface area (Å²) in [6.45, 7) is 5.45. The number of ether oxygens (including phenoxy) is 2. The molecule has 3 heteroatoms. The van der Waals surface area contributed by atoms with Crippen LogP contribution < -0.4 is 9.47 Å². The van der Waals surface area contributed by atoms with Crippen molar-refractivity contribution in [1.82, 2.24) is 0 Å². The van der Waals surface area contributed by atoms with Crippen molar-refractivity contribution in [3.8, 4) is 11.5 Å². The molecule has 0 spiro atoms. The standard InChI is InChI=1S/C26H34O3/c1-25-11-9-18(27)14-17(25)4-5-19-21-7-6-20(26(21,2)12-10-22(19)25)16-3-8-23-24(13-16)29-15-28-23/h3,6,8,13,17-19,21-22,27H,4-5,7,9-12,14-15H2,1-2H3/t17-,18-,19-,21-,22-,25-,26+/m0/s1. The van der Waals surface area contributed by atoms with Gasteiger partial charge in [-0.05, 0) is 109 Å². The van der Waals surface area contributed by atoms with Crippen molar-refractivity contribution in [1.29, 1.82) is 0 Å². The Morgan fingerprint density at radius 3 is 2.72 bits per heavy atom. The maximum Gasteiger partial charge on any atom is 0.231 e. The molecule has 3 saturated carbocycles. The molecule has 0 aromatic heterocycles. The minimum atomic E-state index is -0.0516. The zero-order chi connectivity index (χ0) is 19.8. The Morgan fingerprint density at radius 2 is 1.83 bits per heavy atom. The first-order valence-electron chi connectivity index (χ1n) is 11.8. The fourth-order valence-corrected chi connectivity index (χ4v) is 8.31. The molecule has 1 aliphatic heterocycles. The van der Waals surface area contributed by atoms with Crippen molar-refractivity contribution in [2.24, 2.45) is 34.5 Å². The molecule has 1 heterocycles. The summed E-state index contributed by atoms with van der Waals surface area (Å²) < 4.78 is 11.2. The molecule has 156 valence electrons. The molecule has 0 radical (unpaired) electrons. The van der Waals surface area contributed by atoms with Gasteiger partial charge in [-0.15, -0.1) is 0 Å². The number of hydrogen-bond donors (Lipinski definition) is 1. The van der Waals surface area contributed by atoms with Gasteiger partial charge in [-0.3, -0.25) is 0 Å². The van der Waals surface area contributed by atoms with Crippen molar-refractivity contribution in [3.05, 3.63) is 29.8 Å². The van der Waals surface area contributed by atoms with E-state index in [4.69, 9.17) is 9.47 Å². The van der Waals surface area contributed by atoms with Crippen LogP contribution in [0.5, 0.6) is 11.5 Å². The number of fused-ring (bicyclic) bond motifs is 6. The van der Waals surface area contributed by atoms with Crippen LogP contribution >= 0.6 is 0 Å². The van der Waals surface area contributed by atoms with E-state index in [0.29, 0.717) is 12.2 Å². The van der Waals surface area contributed by atoms with Gasteiger partial charge in [0.1, 0.15) is 0 Å². The molecule has 0 saturated heterocycles. The van der Waals surface area contributed by atoms with Gasteiger partial charge >= 0.3 is 0 Å². The van der Waals surface area contributed by atoms with Crippen LogP contribution in [0.4, 0.5) is 0 Å². The van der Waals surface area contributed by atoms with E-state index in [-0.39, 0.29) is 11.5 Å². The molecular formula is C26H34O3. The van der Waals surface area contributed by atoms with E-state index >= 15 is 0 Å². The highest BCUT2D eigenvalue weighted by Crippen LogP contribution is 2.67. The molecule has 0 bridgehead atoms. The number of hydrogen-bond acceptors (Lipinski definition) is 3. The molecule has 3 fully saturated rings. The third-order valence-corrected chi connectivity index (χ3v) is 9.90. The predicted molar refractivity (Wildman–Crippen MR) is 114 cm³/mol. The topological polar surface area (TPSA) is 38.7 Å². The third-order valence-electron chi connectivity index (χ3n) is 9.90. The molecule has 1 N–H and O–H groups in total. The van der Waals surface area contributed by atoms with Crippen LogP contribution in [0.25, 0.3) is 5.57 Å². The molecule has 0 amide bonds. The third kappa shape index (κ3) is 2.52. The number of rotatable bonds is 1. The van der Waals surface area contributed by atoms with Crippen LogP contribution in [0.1, 0.15) is 70.8 Å². The Morgan fingerprint density at radius 1 is 0.966 bits per heavy atom. The number of benzene rings is 1. The second-order valence-electron chi connectivity index (χ2n) is 11.0. The Hall–Kier alpha value is -1.48. The maximum absolute atomic E-state index is 10.2. The van der Waals surface area contributed by atoms with Gasteiger partial charge in [-0.1, -0.05) is 26.0 Å². The lowest BCUT2D eigenvalue weighted by Crippen LogP contribution is -2.53. The average Bonchev–Trinajstić information content (AvgIpc) is 3.31. The highest BCUT2D eigenvalue weighted by atomic mass is 16.7. The molecule has 5 aliphatic rings. The van der Waals surface area contributed by atoms with Crippen molar-refractivity contribution < 1.29 is 14.6 Å². The van der Waals surface area contributed by atoms with Gasteiger partial charge in [-0.25, -0.2) is 0 Å². The smallest absolute Gasteiger partial charge is 0.231 e. The molecule has 1 aromatic carbocycles. The summed E-state index contributed by atoms with van der Waals surface area (Å²) in [4.78, 5) is 0. The molecule has 0 unspecified atom stereocenters. The zero-order valence-electron chi connectivity index (χ0n) is 17.8. The van der Waals surface area contributed by atoms with Gasteiger partial charge in [0.15, 0.2) is 11.5 Å². The van der Waals surface area contributed by atoms with Crippen LogP contribution in [0.3, 0.4) is 0 Å². The van der Waals surface area contributed by atoms with Gasteiger partial charge in [0.2, 0.25) is 6.79 Å². The van der Waals surface area contributed by atoms with Gasteiger partial charge in [0.25, 0.3) is 0 Å². The van der Waals surface area contributed by atoms with Crippen LogP contribution in [0.2, 0.25) is 0 Å². The summed E-state index contributed by atoms with van der Waals surface area (Å²) in [7, 11) is 0. The fraction of sp³-hybridized carbons (Fsp3) is 0.692. The van der Waals surface area contributed by atoms with E-state index in [1.54, 1.807) is 5.57 Å². The minimum absolute atomic E-state index is 0.0516. The highest BCUT2D eigenvalue weighted by Gasteiger charge is 2.58. The first-order chi connectivity index (χ1) is 14.0. The van der Waals surface area contributed by atoms with Gasteiger partial charge < -0.3 is 14.6 Å². The Bertz CT molecular complexity index is 860. The zero-order valence-corrected chi connectivity index (χ0v) is 17.8. The van der Waals surface area contributed by atoms with E-state index < -0.39 is 0 Å². The fourth-order valence-electron chi connectivity index (χ4n) is 8.31. The van der Waals surface area contributed by atoms with E-state index in [1.807, 2.05) is 0 Å². The van der Waals surface area contributed by atoms with E-state index in [2.05, 4.69) is 38.1 Å². The van der Waals surface area contributed by atoms with Crippen LogP contribution in [0, 0.1) is 34.5 Å². The largest absolute Gasteiger partial charge is 0.454 e. The van der Waals surface area contributed by atoms with Gasteiger partial charge in [0, 0.05) is 0 Å². The van der Waals surface area contributed by atoms with E-state index in [9.17, 15) is 5.11 Å². The Labute approximate surface area is 174 Å². The summed E-state index contributed by atoms with van der Waals surface area (Å²) in [5, 5.41) is 10.2. The average molecular weight is 395 g/mol. The summed E-state index contributed by atoms with van der Waals surface area (Å²) in [6, 6.07) is 6.52. The van der Waals surface area contributed by atoms with E-state index in [1.165, 1.54) is 44.1 Å². The van der Waals surface area contributed by atoms with Crippen LogP contribution in [-0.4, -0.2) is 18.0 Å². The number of allylic oxidation sites excluding steroid dienone is 2. The summed E-state index contributed by atoms with van der Waals surface area (Å²) in [5.74, 6) is 4.97. The molecule has 29 heavy (non-hydrogen) atoms. The molecule has 4 aliphatic carbocycles. The Kier molecular flexibility index (Phi) is 3.95. The SMILES string of the molecule is C[C@]12CC[C@H](O)C[C@@H]1CC[C@@H]1[C@@H]2CC[C@]2(C)C(c3ccc4c(c3)OCO4)=CC[C@@H]12. The van der Waals surface area contributed by atoms with Crippen molar-refractivity contribution in [2.45, 2.75) is 71.3 Å². The lowest BCUT2D eigenvalue weighted by molar-refractivity contribution is -0.115. The minimum Gasteiger partial charge on any atom is -0.454 e. The summed E-state index contributed by atoms with van der Waals surface area (Å²) in [6.07, 6.45) is 12.3. The number of aliphatic hydroxyl groups excluding tert-OH is 1. The first kappa shape index (κ1) is 18.3. The Balaban J connectivity index is 1.30.